The molecule has 17 heavy (non-hydrogen) atoms. The molecule has 0 aliphatic rings. The fourth-order valence-electron chi connectivity index (χ4n) is 1.55. The van der Waals surface area contributed by atoms with E-state index in [1.807, 2.05) is 0 Å². The van der Waals surface area contributed by atoms with E-state index in [4.69, 9.17) is 9.84 Å². The molecule has 0 spiro atoms. The summed E-state index contributed by atoms with van der Waals surface area (Å²) in [6, 6.07) is 2.88. The van der Waals surface area contributed by atoms with Gasteiger partial charge in [0, 0.05) is 12.0 Å². The Labute approximate surface area is 98.6 Å². The molecule has 0 amide bonds. The average Bonchev–Trinajstić information content (AvgIpc) is 2.30. The van der Waals surface area contributed by atoms with E-state index >= 15 is 0 Å². The number of aromatic hydroxyl groups is 1. The number of methoxy groups -OCH3 is 1. The van der Waals surface area contributed by atoms with Crippen molar-refractivity contribution in [2.45, 2.75) is 19.3 Å². The number of carboxylic acids is 1. The Morgan fingerprint density at radius 2 is 2.18 bits per heavy atom. The Kier molecular flexibility index (Phi) is 4.51. The van der Waals surface area contributed by atoms with Crippen molar-refractivity contribution < 1.29 is 24.5 Å². The van der Waals surface area contributed by atoms with Gasteiger partial charge in [0.05, 0.1) is 7.11 Å². The zero-order valence-electron chi connectivity index (χ0n) is 9.47. The third-order valence-electron chi connectivity index (χ3n) is 2.40. The molecule has 0 aliphatic heterocycles. The number of hydrogen-bond acceptors (Lipinski definition) is 4. The predicted molar refractivity (Wildman–Crippen MR) is 60.6 cm³/mol. The lowest BCUT2D eigenvalue weighted by molar-refractivity contribution is -0.137. The van der Waals surface area contributed by atoms with Gasteiger partial charge in [-0.2, -0.15) is 0 Å². The number of ether oxygens (including phenoxy) is 1. The van der Waals surface area contributed by atoms with Crippen LogP contribution in [0.3, 0.4) is 0 Å². The van der Waals surface area contributed by atoms with E-state index in [9.17, 15) is 14.7 Å². The standard InChI is InChI=1S/C12H14O5/c1-17-11-6-8(3-2-4-12(15)16)9(7-13)5-10(11)14/h5-7,14H,2-4H2,1H3,(H,15,16). The Balaban J connectivity index is 2.88. The van der Waals surface area contributed by atoms with E-state index in [1.165, 1.54) is 13.2 Å². The van der Waals surface area contributed by atoms with Crippen LogP contribution in [-0.2, 0) is 11.2 Å². The Morgan fingerprint density at radius 3 is 2.71 bits per heavy atom. The molecule has 1 aromatic rings. The number of aliphatic carboxylic acids is 1. The average molecular weight is 238 g/mol. The molecule has 5 heteroatoms. The number of aldehydes is 1. The number of rotatable bonds is 6. The monoisotopic (exact) mass is 238 g/mol. The summed E-state index contributed by atoms with van der Waals surface area (Å²) in [4.78, 5) is 21.2. The first kappa shape index (κ1) is 13.0. The second kappa shape index (κ2) is 5.89. The lowest BCUT2D eigenvalue weighted by atomic mass is 10.0. The van der Waals surface area contributed by atoms with Gasteiger partial charge in [-0.1, -0.05) is 0 Å². The first-order chi connectivity index (χ1) is 8.08. The fourth-order valence-corrected chi connectivity index (χ4v) is 1.55. The van der Waals surface area contributed by atoms with Crippen LogP contribution in [0.2, 0.25) is 0 Å². The van der Waals surface area contributed by atoms with Crippen LogP contribution in [0.25, 0.3) is 0 Å². The molecule has 92 valence electrons. The number of carbonyl (C=O) groups excluding carboxylic acids is 1. The minimum atomic E-state index is -0.872. The SMILES string of the molecule is COc1cc(CCCC(=O)O)c(C=O)cc1O. The van der Waals surface area contributed by atoms with Crippen molar-refractivity contribution >= 4 is 12.3 Å². The molecule has 0 radical (unpaired) electrons. The largest absolute Gasteiger partial charge is 0.504 e. The lowest BCUT2D eigenvalue weighted by Gasteiger charge is -2.09. The van der Waals surface area contributed by atoms with Gasteiger partial charge in [0.15, 0.2) is 11.5 Å². The van der Waals surface area contributed by atoms with Crippen molar-refractivity contribution in [3.8, 4) is 11.5 Å². The number of carbonyl (C=O) groups is 2. The van der Waals surface area contributed by atoms with E-state index in [2.05, 4.69) is 0 Å². The number of aryl methyl sites for hydroxylation is 1. The third kappa shape index (κ3) is 3.48. The molecule has 0 aliphatic carbocycles. The van der Waals surface area contributed by atoms with Gasteiger partial charge in [-0.25, -0.2) is 0 Å². The minimum Gasteiger partial charge on any atom is -0.504 e. The van der Waals surface area contributed by atoms with Gasteiger partial charge in [-0.05, 0) is 30.5 Å². The topological polar surface area (TPSA) is 83.8 Å². The molecule has 0 unspecified atom stereocenters. The lowest BCUT2D eigenvalue weighted by Crippen LogP contribution is -1.99. The molecule has 0 saturated heterocycles. The highest BCUT2D eigenvalue weighted by Gasteiger charge is 2.09. The third-order valence-corrected chi connectivity index (χ3v) is 2.40. The van der Waals surface area contributed by atoms with Crippen LogP contribution in [0.15, 0.2) is 12.1 Å². The van der Waals surface area contributed by atoms with Gasteiger partial charge in [0.25, 0.3) is 0 Å². The van der Waals surface area contributed by atoms with Crippen LogP contribution in [0.1, 0.15) is 28.8 Å². The molecule has 0 heterocycles. The summed E-state index contributed by atoms with van der Waals surface area (Å²) in [6.45, 7) is 0. The molecule has 0 bridgehead atoms. The number of benzene rings is 1. The van der Waals surface area contributed by atoms with Crippen molar-refractivity contribution in [1.82, 2.24) is 0 Å². The van der Waals surface area contributed by atoms with Gasteiger partial charge in [0.2, 0.25) is 0 Å². The quantitative estimate of drug-likeness (QED) is 0.736. The molecule has 5 nitrogen and oxygen atoms in total. The van der Waals surface area contributed by atoms with Crippen LogP contribution >= 0.6 is 0 Å². The first-order valence-electron chi connectivity index (χ1n) is 5.15. The maximum absolute atomic E-state index is 10.8. The van der Waals surface area contributed by atoms with Crippen molar-refractivity contribution in [2.75, 3.05) is 7.11 Å². The van der Waals surface area contributed by atoms with E-state index in [0.717, 1.165) is 0 Å². The Hall–Kier alpha value is -2.04. The predicted octanol–water partition coefficient (Wildman–Crippen LogP) is 1.62. The van der Waals surface area contributed by atoms with Crippen LogP contribution in [-0.4, -0.2) is 29.6 Å². The maximum Gasteiger partial charge on any atom is 0.303 e. The number of hydrogen-bond donors (Lipinski definition) is 2. The molecule has 1 aromatic carbocycles. The maximum atomic E-state index is 10.8. The van der Waals surface area contributed by atoms with Crippen LogP contribution < -0.4 is 4.74 Å². The van der Waals surface area contributed by atoms with E-state index < -0.39 is 5.97 Å². The molecule has 1 rings (SSSR count). The van der Waals surface area contributed by atoms with Crippen molar-refractivity contribution in [2.24, 2.45) is 0 Å². The molecule has 0 fully saturated rings. The van der Waals surface area contributed by atoms with Crippen molar-refractivity contribution in [1.29, 1.82) is 0 Å². The van der Waals surface area contributed by atoms with Gasteiger partial charge in [-0.3, -0.25) is 9.59 Å². The highest BCUT2D eigenvalue weighted by molar-refractivity contribution is 5.79. The summed E-state index contributed by atoms with van der Waals surface area (Å²) < 4.78 is 4.93. The molecule has 0 saturated carbocycles. The smallest absolute Gasteiger partial charge is 0.303 e. The first-order valence-corrected chi connectivity index (χ1v) is 5.15. The summed E-state index contributed by atoms with van der Waals surface area (Å²) in [7, 11) is 1.41. The molecule has 0 aromatic heterocycles. The van der Waals surface area contributed by atoms with E-state index in [1.54, 1.807) is 6.07 Å². The summed E-state index contributed by atoms with van der Waals surface area (Å²) in [5.74, 6) is -0.694. The van der Waals surface area contributed by atoms with Crippen LogP contribution in [0.5, 0.6) is 11.5 Å². The zero-order chi connectivity index (χ0) is 12.8. The second-order valence-electron chi connectivity index (χ2n) is 3.59. The van der Waals surface area contributed by atoms with Crippen LogP contribution in [0.4, 0.5) is 0 Å². The van der Waals surface area contributed by atoms with Gasteiger partial charge >= 0.3 is 5.97 Å². The second-order valence-corrected chi connectivity index (χ2v) is 3.59. The van der Waals surface area contributed by atoms with Gasteiger partial charge in [0.1, 0.15) is 6.29 Å². The number of phenolic OH excluding ortho intramolecular Hbond substituents is 1. The molecular weight excluding hydrogens is 224 g/mol. The zero-order valence-corrected chi connectivity index (χ0v) is 9.47. The van der Waals surface area contributed by atoms with Crippen LogP contribution in [0, 0.1) is 0 Å². The summed E-state index contributed by atoms with van der Waals surface area (Å²) in [5.41, 5.74) is 1.03. The van der Waals surface area contributed by atoms with Gasteiger partial charge < -0.3 is 14.9 Å². The Morgan fingerprint density at radius 1 is 1.47 bits per heavy atom. The van der Waals surface area contributed by atoms with Crippen molar-refractivity contribution in [3.05, 3.63) is 23.3 Å². The van der Waals surface area contributed by atoms with Gasteiger partial charge in [-0.15, -0.1) is 0 Å². The van der Waals surface area contributed by atoms with Crippen molar-refractivity contribution in [3.63, 3.8) is 0 Å². The molecule has 2 N–H and O–H groups in total. The highest BCUT2D eigenvalue weighted by Crippen LogP contribution is 2.29. The summed E-state index contributed by atoms with van der Waals surface area (Å²) in [5, 5.41) is 18.0. The highest BCUT2D eigenvalue weighted by atomic mass is 16.5. The number of phenols is 1. The summed E-state index contributed by atoms with van der Waals surface area (Å²) >= 11 is 0. The molecular formula is C12H14O5. The Bertz CT molecular complexity index is 425. The van der Waals surface area contributed by atoms with E-state index in [0.29, 0.717) is 30.3 Å². The molecule has 0 atom stereocenters. The number of carboxylic acid groups (broad SMARTS) is 1. The summed E-state index contributed by atoms with van der Waals surface area (Å²) in [6.07, 6.45) is 1.57. The minimum absolute atomic E-state index is 0.0431. The normalized spacial score (nSPS) is 9.94. The van der Waals surface area contributed by atoms with E-state index in [-0.39, 0.29) is 17.9 Å². The fraction of sp³-hybridized carbons (Fsp3) is 0.333.